The summed E-state index contributed by atoms with van der Waals surface area (Å²) in [6.07, 6.45) is 1.81. The van der Waals surface area contributed by atoms with Gasteiger partial charge in [0.2, 0.25) is 0 Å². The highest BCUT2D eigenvalue weighted by Crippen LogP contribution is 2.28. The van der Waals surface area contributed by atoms with Gasteiger partial charge in [0.15, 0.2) is 11.5 Å². The predicted molar refractivity (Wildman–Crippen MR) is 73.9 cm³/mol. The van der Waals surface area contributed by atoms with Crippen molar-refractivity contribution in [2.45, 2.75) is 25.8 Å². The van der Waals surface area contributed by atoms with Crippen molar-refractivity contribution in [2.75, 3.05) is 20.8 Å². The van der Waals surface area contributed by atoms with E-state index in [1.165, 1.54) is 7.11 Å². The molecule has 0 saturated heterocycles. The number of rotatable bonds is 9. The van der Waals surface area contributed by atoms with E-state index in [0.29, 0.717) is 30.9 Å². The molecule has 0 aliphatic rings. The maximum atomic E-state index is 10.9. The number of benzene rings is 1. The number of nitroso groups, excluding NO2 is 1. The summed E-state index contributed by atoms with van der Waals surface area (Å²) >= 11 is 0. The molecule has 0 radical (unpaired) electrons. The van der Waals surface area contributed by atoms with Crippen LogP contribution in [0, 0.1) is 4.91 Å². The zero-order chi connectivity index (χ0) is 14.8. The van der Waals surface area contributed by atoms with Crippen LogP contribution in [-0.2, 0) is 16.1 Å². The van der Waals surface area contributed by atoms with Crippen molar-refractivity contribution in [3.63, 3.8) is 0 Å². The third-order valence-corrected chi connectivity index (χ3v) is 2.74. The van der Waals surface area contributed by atoms with Crippen LogP contribution in [0.25, 0.3) is 0 Å². The summed E-state index contributed by atoms with van der Waals surface area (Å²) in [7, 11) is 2.92. The van der Waals surface area contributed by atoms with Crippen LogP contribution in [0.15, 0.2) is 23.4 Å². The fourth-order valence-corrected chi connectivity index (χ4v) is 1.66. The number of unbranched alkanes of at least 4 members (excludes halogenated alkanes) is 1. The fourth-order valence-electron chi connectivity index (χ4n) is 1.66. The number of hydrogen-bond acceptors (Lipinski definition) is 6. The molecular formula is C14H19NO5. The molecule has 0 atom stereocenters. The normalized spacial score (nSPS) is 9.90. The Labute approximate surface area is 118 Å². The van der Waals surface area contributed by atoms with Crippen LogP contribution < -0.4 is 9.47 Å². The van der Waals surface area contributed by atoms with E-state index in [-0.39, 0.29) is 12.5 Å². The molecular weight excluding hydrogens is 262 g/mol. The van der Waals surface area contributed by atoms with Gasteiger partial charge in [-0.25, -0.2) is 0 Å². The summed E-state index contributed by atoms with van der Waals surface area (Å²) in [6, 6.07) is 5.25. The third kappa shape index (κ3) is 5.26. The first kappa shape index (κ1) is 15.9. The zero-order valence-electron chi connectivity index (χ0n) is 11.8. The van der Waals surface area contributed by atoms with Crippen molar-refractivity contribution in [2.24, 2.45) is 5.18 Å². The van der Waals surface area contributed by atoms with E-state index in [9.17, 15) is 9.70 Å². The Morgan fingerprint density at radius 1 is 1.20 bits per heavy atom. The Morgan fingerprint density at radius 3 is 2.65 bits per heavy atom. The van der Waals surface area contributed by atoms with E-state index in [2.05, 4.69) is 9.91 Å². The second-order valence-corrected chi connectivity index (χ2v) is 4.15. The topological polar surface area (TPSA) is 74.2 Å². The standard InChI is InChI=1S/C14H19NO5/c1-18-12-7-6-11(10-15-17)9-13(12)20-8-4-3-5-14(16)19-2/h6-7,9H,3-5,8,10H2,1-2H3. The molecule has 0 aromatic heterocycles. The highest BCUT2D eigenvalue weighted by Gasteiger charge is 2.06. The lowest BCUT2D eigenvalue weighted by atomic mass is 10.2. The zero-order valence-corrected chi connectivity index (χ0v) is 11.8. The lowest BCUT2D eigenvalue weighted by Crippen LogP contribution is -2.03. The Kier molecular flexibility index (Phi) is 7.10. The van der Waals surface area contributed by atoms with Crippen LogP contribution in [0.1, 0.15) is 24.8 Å². The predicted octanol–water partition coefficient (Wildman–Crippen LogP) is 2.68. The van der Waals surface area contributed by atoms with Crippen molar-refractivity contribution in [3.05, 3.63) is 28.7 Å². The molecule has 110 valence electrons. The molecule has 0 aliphatic heterocycles. The van der Waals surface area contributed by atoms with E-state index in [1.54, 1.807) is 25.3 Å². The highest BCUT2D eigenvalue weighted by molar-refractivity contribution is 5.68. The first-order valence-corrected chi connectivity index (χ1v) is 6.37. The maximum Gasteiger partial charge on any atom is 0.305 e. The second kappa shape index (κ2) is 8.90. The van der Waals surface area contributed by atoms with Crippen LogP contribution in [0.4, 0.5) is 0 Å². The number of methoxy groups -OCH3 is 2. The van der Waals surface area contributed by atoms with Crippen LogP contribution in [0.3, 0.4) is 0 Å². The van der Waals surface area contributed by atoms with Crippen molar-refractivity contribution < 1.29 is 19.0 Å². The van der Waals surface area contributed by atoms with Crippen LogP contribution in [0.5, 0.6) is 11.5 Å². The van der Waals surface area contributed by atoms with Crippen LogP contribution in [0.2, 0.25) is 0 Å². The van der Waals surface area contributed by atoms with E-state index in [4.69, 9.17) is 9.47 Å². The number of hydrogen-bond donors (Lipinski definition) is 0. The van der Waals surface area contributed by atoms with Crippen molar-refractivity contribution in [1.82, 2.24) is 0 Å². The number of esters is 1. The minimum atomic E-state index is -0.221. The van der Waals surface area contributed by atoms with E-state index in [1.807, 2.05) is 0 Å². The SMILES string of the molecule is COC(=O)CCCCOc1cc(CN=O)ccc1OC. The fraction of sp³-hybridized carbons (Fsp3) is 0.500. The molecule has 6 nitrogen and oxygen atoms in total. The lowest BCUT2D eigenvalue weighted by molar-refractivity contribution is -0.140. The van der Waals surface area contributed by atoms with E-state index >= 15 is 0 Å². The number of nitrogens with zero attached hydrogens (tertiary/aromatic N) is 1. The second-order valence-electron chi connectivity index (χ2n) is 4.15. The molecule has 0 bridgehead atoms. The molecule has 0 spiro atoms. The summed E-state index contributed by atoms with van der Waals surface area (Å²) in [5, 5.41) is 2.84. The van der Waals surface area contributed by atoms with Gasteiger partial charge in [-0.05, 0) is 30.5 Å². The average molecular weight is 281 g/mol. The number of carbonyl (C=O) groups is 1. The lowest BCUT2D eigenvalue weighted by Gasteiger charge is -2.11. The van der Waals surface area contributed by atoms with Crippen LogP contribution >= 0.6 is 0 Å². The van der Waals surface area contributed by atoms with Gasteiger partial charge in [-0.2, -0.15) is 4.91 Å². The summed E-state index contributed by atoms with van der Waals surface area (Å²) in [4.78, 5) is 21.2. The molecule has 0 saturated carbocycles. The van der Waals surface area contributed by atoms with Crippen molar-refractivity contribution in [1.29, 1.82) is 0 Å². The van der Waals surface area contributed by atoms with Gasteiger partial charge in [0.1, 0.15) is 6.54 Å². The molecule has 1 aromatic carbocycles. The van der Waals surface area contributed by atoms with Gasteiger partial charge >= 0.3 is 5.97 Å². The molecule has 0 heterocycles. The van der Waals surface area contributed by atoms with Crippen molar-refractivity contribution >= 4 is 5.97 Å². The smallest absolute Gasteiger partial charge is 0.305 e. The molecule has 0 unspecified atom stereocenters. The van der Waals surface area contributed by atoms with Gasteiger partial charge in [0, 0.05) is 6.42 Å². The molecule has 0 fully saturated rings. The Bertz CT molecular complexity index is 447. The molecule has 0 N–H and O–H groups in total. The highest BCUT2D eigenvalue weighted by atomic mass is 16.5. The summed E-state index contributed by atoms with van der Waals surface area (Å²) < 4.78 is 15.3. The van der Waals surface area contributed by atoms with Gasteiger partial charge < -0.3 is 14.2 Å². The summed E-state index contributed by atoms with van der Waals surface area (Å²) in [5.74, 6) is 0.959. The molecule has 1 rings (SSSR count). The first-order valence-electron chi connectivity index (χ1n) is 6.37. The van der Waals surface area contributed by atoms with Gasteiger partial charge in [-0.3, -0.25) is 4.79 Å². The van der Waals surface area contributed by atoms with Gasteiger partial charge in [-0.15, -0.1) is 0 Å². The average Bonchev–Trinajstić information content (AvgIpc) is 2.47. The van der Waals surface area contributed by atoms with Crippen molar-refractivity contribution in [3.8, 4) is 11.5 Å². The van der Waals surface area contributed by atoms with E-state index in [0.717, 1.165) is 12.0 Å². The first-order chi connectivity index (χ1) is 9.71. The minimum Gasteiger partial charge on any atom is -0.493 e. The number of ether oxygens (including phenoxy) is 3. The van der Waals surface area contributed by atoms with Gasteiger partial charge in [0.05, 0.1) is 20.8 Å². The Balaban J connectivity index is 2.46. The molecule has 1 aromatic rings. The Hall–Kier alpha value is -2.11. The number of carbonyl (C=O) groups excluding carboxylic acids is 1. The summed E-state index contributed by atoms with van der Waals surface area (Å²) in [6.45, 7) is 0.564. The molecule has 20 heavy (non-hydrogen) atoms. The van der Waals surface area contributed by atoms with Gasteiger partial charge in [0.25, 0.3) is 0 Å². The van der Waals surface area contributed by atoms with Crippen LogP contribution in [-0.4, -0.2) is 26.8 Å². The molecule has 0 amide bonds. The quantitative estimate of drug-likeness (QED) is 0.395. The largest absolute Gasteiger partial charge is 0.493 e. The third-order valence-electron chi connectivity index (χ3n) is 2.74. The molecule has 0 aliphatic carbocycles. The van der Waals surface area contributed by atoms with Gasteiger partial charge in [-0.1, -0.05) is 11.2 Å². The monoisotopic (exact) mass is 281 g/mol. The molecule has 6 heteroatoms. The minimum absolute atomic E-state index is 0.0999. The van der Waals surface area contributed by atoms with E-state index < -0.39 is 0 Å². The summed E-state index contributed by atoms with van der Waals surface area (Å²) in [5.41, 5.74) is 0.769. The Morgan fingerprint density at radius 2 is 2.00 bits per heavy atom. The maximum absolute atomic E-state index is 10.9.